The number of rotatable bonds is 3. The fourth-order valence-corrected chi connectivity index (χ4v) is 2.68. The van der Waals surface area contributed by atoms with Gasteiger partial charge in [0, 0.05) is 23.2 Å². The second-order valence-corrected chi connectivity index (χ2v) is 5.79. The van der Waals surface area contributed by atoms with E-state index in [0.717, 1.165) is 18.2 Å². The van der Waals surface area contributed by atoms with E-state index in [0.29, 0.717) is 22.5 Å². The molecule has 0 bridgehead atoms. The summed E-state index contributed by atoms with van der Waals surface area (Å²) in [4.78, 5) is 16.5. The predicted molar refractivity (Wildman–Crippen MR) is 95.2 cm³/mol. The van der Waals surface area contributed by atoms with E-state index in [-0.39, 0.29) is 16.4 Å². The van der Waals surface area contributed by atoms with Crippen LogP contribution in [0.2, 0.25) is 5.15 Å². The largest absolute Gasteiger partial charge is 0.339 e. The van der Waals surface area contributed by atoms with Crippen molar-refractivity contribution in [1.29, 1.82) is 0 Å². The molecule has 26 heavy (non-hydrogen) atoms. The van der Waals surface area contributed by atoms with Gasteiger partial charge in [0.1, 0.15) is 28.9 Å². The molecule has 3 aromatic heterocycles. The first-order valence-electron chi connectivity index (χ1n) is 7.56. The van der Waals surface area contributed by atoms with E-state index >= 15 is 0 Å². The summed E-state index contributed by atoms with van der Waals surface area (Å²) in [5, 5.41) is 4.07. The molecule has 1 N–H and O–H groups in total. The second kappa shape index (κ2) is 6.61. The topological polar surface area (TPSA) is 63.6 Å². The Morgan fingerprint density at radius 1 is 0.962 bits per heavy atom. The van der Waals surface area contributed by atoms with Crippen LogP contribution in [0.4, 0.5) is 20.3 Å². The van der Waals surface area contributed by atoms with Gasteiger partial charge in [-0.3, -0.25) is 0 Å². The van der Waals surface area contributed by atoms with Crippen molar-refractivity contribution >= 4 is 34.1 Å². The van der Waals surface area contributed by atoms with Crippen LogP contribution in [0.25, 0.3) is 22.3 Å². The summed E-state index contributed by atoms with van der Waals surface area (Å²) < 4.78 is 27.8. The monoisotopic (exact) mass is 369 g/mol. The molecule has 0 saturated carbocycles. The number of aromatic nitrogens is 4. The number of nitrogens with zero attached hydrogens (tertiary/aromatic N) is 4. The van der Waals surface area contributed by atoms with Gasteiger partial charge in [-0.2, -0.15) is 0 Å². The molecule has 1 aromatic carbocycles. The Bertz CT molecular complexity index is 1120. The zero-order valence-corrected chi connectivity index (χ0v) is 13.9. The van der Waals surface area contributed by atoms with Gasteiger partial charge in [-0.25, -0.2) is 28.7 Å². The standard InChI is InChI=1S/C18H10ClF2N5/c19-16-8-17(24-9-23-16)25-14-7-15(12-6-10(20)3-4-13(12)21)26-18-11(14)2-1-5-22-18/h1-9H,(H,22,23,24,25,26). The smallest absolute Gasteiger partial charge is 0.161 e. The molecule has 3 heterocycles. The molecular weight excluding hydrogens is 360 g/mol. The Morgan fingerprint density at radius 3 is 2.69 bits per heavy atom. The number of fused-ring (bicyclic) bond motifs is 1. The molecule has 0 fully saturated rings. The molecule has 0 aliphatic rings. The summed E-state index contributed by atoms with van der Waals surface area (Å²) in [6.45, 7) is 0. The molecule has 0 aliphatic carbocycles. The Labute approximate surface area is 151 Å². The Kier molecular flexibility index (Phi) is 4.14. The van der Waals surface area contributed by atoms with Crippen molar-refractivity contribution in [2.45, 2.75) is 0 Å². The number of halogens is 3. The van der Waals surface area contributed by atoms with E-state index in [1.54, 1.807) is 24.4 Å². The molecule has 0 unspecified atom stereocenters. The van der Waals surface area contributed by atoms with Gasteiger partial charge < -0.3 is 5.32 Å². The number of benzene rings is 1. The summed E-state index contributed by atoms with van der Waals surface area (Å²) in [6.07, 6.45) is 2.89. The SMILES string of the molecule is Fc1ccc(F)c(-c2cc(Nc3cc(Cl)ncn3)c3cccnc3n2)c1. The summed E-state index contributed by atoms with van der Waals surface area (Å²) >= 11 is 5.89. The van der Waals surface area contributed by atoms with Gasteiger partial charge in [0.25, 0.3) is 0 Å². The Morgan fingerprint density at radius 2 is 1.85 bits per heavy atom. The van der Waals surface area contributed by atoms with Crippen LogP contribution < -0.4 is 5.32 Å². The van der Waals surface area contributed by atoms with Crippen LogP contribution in [-0.2, 0) is 0 Å². The minimum atomic E-state index is -0.579. The molecule has 5 nitrogen and oxygen atoms in total. The maximum atomic E-state index is 14.2. The third-order valence-corrected chi connectivity index (χ3v) is 3.89. The van der Waals surface area contributed by atoms with Gasteiger partial charge >= 0.3 is 0 Å². The number of hydrogen-bond donors (Lipinski definition) is 1. The number of anilines is 2. The van der Waals surface area contributed by atoms with E-state index in [1.807, 2.05) is 6.07 Å². The first-order chi connectivity index (χ1) is 12.6. The fourth-order valence-electron chi connectivity index (χ4n) is 2.53. The fraction of sp³-hybridized carbons (Fsp3) is 0. The predicted octanol–water partition coefficient (Wildman–Crippen LogP) is 4.76. The highest BCUT2D eigenvalue weighted by Crippen LogP contribution is 2.31. The van der Waals surface area contributed by atoms with Crippen LogP contribution in [-0.4, -0.2) is 19.9 Å². The van der Waals surface area contributed by atoms with Crippen molar-refractivity contribution in [2.24, 2.45) is 0 Å². The highest BCUT2D eigenvalue weighted by atomic mass is 35.5. The first-order valence-corrected chi connectivity index (χ1v) is 7.94. The minimum absolute atomic E-state index is 0.0429. The molecule has 8 heteroatoms. The lowest BCUT2D eigenvalue weighted by Gasteiger charge is -2.11. The first kappa shape index (κ1) is 16.3. The van der Waals surface area contributed by atoms with Crippen LogP contribution in [0, 0.1) is 11.6 Å². The van der Waals surface area contributed by atoms with Crippen molar-refractivity contribution < 1.29 is 8.78 Å². The Balaban J connectivity index is 1.90. The number of pyridine rings is 2. The van der Waals surface area contributed by atoms with Crippen LogP contribution in [0.5, 0.6) is 0 Å². The summed E-state index contributed by atoms with van der Waals surface area (Å²) in [5.74, 6) is -0.682. The molecule has 4 rings (SSSR count). The summed E-state index contributed by atoms with van der Waals surface area (Å²) in [6, 6.07) is 9.94. The average molecular weight is 370 g/mol. The highest BCUT2D eigenvalue weighted by Gasteiger charge is 2.13. The molecule has 0 radical (unpaired) electrons. The van der Waals surface area contributed by atoms with E-state index in [2.05, 4.69) is 25.3 Å². The van der Waals surface area contributed by atoms with Crippen LogP contribution >= 0.6 is 11.6 Å². The molecule has 0 saturated heterocycles. The van der Waals surface area contributed by atoms with E-state index < -0.39 is 11.6 Å². The maximum Gasteiger partial charge on any atom is 0.161 e. The van der Waals surface area contributed by atoms with Crippen LogP contribution in [0.1, 0.15) is 0 Å². The molecule has 0 amide bonds. The van der Waals surface area contributed by atoms with Crippen molar-refractivity contribution in [1.82, 2.24) is 19.9 Å². The zero-order chi connectivity index (χ0) is 18.1. The average Bonchev–Trinajstić information content (AvgIpc) is 2.64. The van der Waals surface area contributed by atoms with Gasteiger partial charge in [-0.05, 0) is 36.4 Å². The van der Waals surface area contributed by atoms with Crippen molar-refractivity contribution in [3.8, 4) is 11.3 Å². The quantitative estimate of drug-likeness (QED) is 0.527. The second-order valence-electron chi connectivity index (χ2n) is 5.40. The van der Waals surface area contributed by atoms with E-state index in [1.165, 1.54) is 6.33 Å². The number of hydrogen-bond acceptors (Lipinski definition) is 5. The van der Waals surface area contributed by atoms with Crippen LogP contribution in [0.3, 0.4) is 0 Å². The van der Waals surface area contributed by atoms with Gasteiger partial charge in [0.05, 0.1) is 11.4 Å². The summed E-state index contributed by atoms with van der Waals surface area (Å²) in [5.41, 5.74) is 1.25. The zero-order valence-electron chi connectivity index (χ0n) is 13.1. The molecule has 0 atom stereocenters. The lowest BCUT2D eigenvalue weighted by atomic mass is 10.1. The van der Waals surface area contributed by atoms with E-state index in [4.69, 9.17) is 11.6 Å². The van der Waals surface area contributed by atoms with Gasteiger partial charge in [0.2, 0.25) is 0 Å². The highest BCUT2D eigenvalue weighted by molar-refractivity contribution is 6.29. The summed E-state index contributed by atoms with van der Waals surface area (Å²) in [7, 11) is 0. The van der Waals surface area contributed by atoms with Gasteiger partial charge in [0.15, 0.2) is 5.65 Å². The van der Waals surface area contributed by atoms with E-state index in [9.17, 15) is 8.78 Å². The lowest BCUT2D eigenvalue weighted by molar-refractivity contribution is 0.602. The molecule has 4 aromatic rings. The van der Waals surface area contributed by atoms with Crippen molar-refractivity contribution in [3.05, 3.63) is 71.8 Å². The Hall–Kier alpha value is -3.19. The third-order valence-electron chi connectivity index (χ3n) is 3.69. The minimum Gasteiger partial charge on any atom is -0.339 e. The van der Waals surface area contributed by atoms with Gasteiger partial charge in [-0.1, -0.05) is 11.6 Å². The molecule has 128 valence electrons. The van der Waals surface area contributed by atoms with Gasteiger partial charge in [-0.15, -0.1) is 0 Å². The third kappa shape index (κ3) is 3.16. The number of nitrogens with one attached hydrogen (secondary N) is 1. The van der Waals surface area contributed by atoms with Crippen LogP contribution in [0.15, 0.2) is 55.0 Å². The molecule has 0 aliphatic heterocycles. The van der Waals surface area contributed by atoms with Crippen molar-refractivity contribution in [3.63, 3.8) is 0 Å². The normalized spacial score (nSPS) is 10.9. The molecule has 0 spiro atoms. The van der Waals surface area contributed by atoms with Crippen molar-refractivity contribution in [2.75, 3.05) is 5.32 Å². The lowest BCUT2D eigenvalue weighted by Crippen LogP contribution is -1.99. The maximum absolute atomic E-state index is 14.2. The molecular formula is C18H10ClF2N5.